The third kappa shape index (κ3) is 15.7. The summed E-state index contributed by atoms with van der Waals surface area (Å²) in [6.45, 7) is 7.42. The van der Waals surface area contributed by atoms with Gasteiger partial charge >= 0.3 is 0 Å². The largest absolute Gasteiger partial charge is 0.320 e. The lowest BCUT2D eigenvalue weighted by atomic mass is 10.2. The summed E-state index contributed by atoms with van der Waals surface area (Å²) in [5.41, 5.74) is 0. The Morgan fingerprint density at radius 2 is 1.70 bits per heavy atom. The summed E-state index contributed by atoms with van der Waals surface area (Å²) in [6, 6.07) is 0. The van der Waals surface area contributed by atoms with Crippen molar-refractivity contribution in [3.63, 3.8) is 0 Å². The van der Waals surface area contributed by atoms with Crippen LogP contribution in [0.4, 0.5) is 0 Å². The first-order valence-corrected chi connectivity index (χ1v) is 4.56. The van der Waals surface area contributed by atoms with E-state index in [2.05, 4.69) is 12.2 Å². The highest BCUT2D eigenvalue weighted by Crippen LogP contribution is 1.96. The van der Waals surface area contributed by atoms with Gasteiger partial charge in [0.05, 0.1) is 0 Å². The van der Waals surface area contributed by atoms with E-state index in [1.165, 1.54) is 32.2 Å². The van der Waals surface area contributed by atoms with Gasteiger partial charge in [-0.3, -0.25) is 0 Å². The third-order valence-corrected chi connectivity index (χ3v) is 1.28. The van der Waals surface area contributed by atoms with Gasteiger partial charge in [-0.1, -0.05) is 40.0 Å². The Bertz CT molecular complexity index is 34.5. The fraction of sp³-hybridized carbons (Fsp3) is 1.00. The quantitative estimate of drug-likeness (QED) is 0.589. The molecule has 0 aliphatic rings. The molecule has 0 aromatic heterocycles. The molecule has 0 amide bonds. The zero-order valence-electron chi connectivity index (χ0n) is 8.04. The highest BCUT2D eigenvalue weighted by Gasteiger charge is 1.82. The molecule has 1 heteroatoms. The smallest absolute Gasteiger partial charge is 0 e. The van der Waals surface area contributed by atoms with Crippen LogP contribution in [0.15, 0.2) is 0 Å². The van der Waals surface area contributed by atoms with E-state index in [9.17, 15) is 0 Å². The molecule has 0 aliphatic heterocycles. The molecule has 0 fully saturated rings. The molecule has 1 nitrogen and oxygen atoms in total. The molecule has 0 rings (SSSR count). The van der Waals surface area contributed by atoms with Crippen LogP contribution >= 0.6 is 0 Å². The van der Waals surface area contributed by atoms with Gasteiger partial charge in [0, 0.05) is 1.43 Å². The fourth-order valence-corrected chi connectivity index (χ4v) is 0.729. The van der Waals surface area contributed by atoms with E-state index in [1.54, 1.807) is 0 Å². The van der Waals surface area contributed by atoms with Crippen molar-refractivity contribution in [2.45, 2.75) is 46.5 Å². The summed E-state index contributed by atoms with van der Waals surface area (Å²) in [6.07, 6.45) is 5.45. The number of hydrogen-bond acceptors (Lipinski definition) is 1. The van der Waals surface area contributed by atoms with Crippen LogP contribution < -0.4 is 5.32 Å². The first kappa shape index (κ1) is 12.6. The van der Waals surface area contributed by atoms with Crippen molar-refractivity contribution in [3.05, 3.63) is 0 Å². The molecule has 10 heavy (non-hydrogen) atoms. The predicted molar refractivity (Wildman–Crippen MR) is 51.5 cm³/mol. The number of hydrogen-bond donors (Lipinski definition) is 1. The van der Waals surface area contributed by atoms with Crippen molar-refractivity contribution in [3.8, 4) is 0 Å². The Hall–Kier alpha value is -0.0400. The molecule has 0 aromatic rings. The number of nitrogens with one attached hydrogen (secondary N) is 1. The average Bonchev–Trinajstić information content (AvgIpc) is 2.02. The van der Waals surface area contributed by atoms with Gasteiger partial charge in [-0.05, 0) is 20.0 Å². The summed E-state index contributed by atoms with van der Waals surface area (Å²) in [5.74, 6) is 0. The Labute approximate surface area is 67.7 Å². The molecule has 1 N–H and O–H groups in total. The molecule has 0 heterocycles. The van der Waals surface area contributed by atoms with Crippen LogP contribution in [-0.4, -0.2) is 13.6 Å². The van der Waals surface area contributed by atoms with Crippen molar-refractivity contribution in [2.75, 3.05) is 13.6 Å². The molecule has 66 valence electrons. The molecule has 0 aliphatic carbocycles. The summed E-state index contributed by atoms with van der Waals surface area (Å²) in [4.78, 5) is 0. The maximum Gasteiger partial charge on any atom is 0 e. The lowest BCUT2D eigenvalue weighted by Gasteiger charge is -1.95. The Morgan fingerprint density at radius 1 is 1.10 bits per heavy atom. The van der Waals surface area contributed by atoms with Gasteiger partial charge in [0.2, 0.25) is 0 Å². The molecule has 0 saturated heterocycles. The van der Waals surface area contributed by atoms with Gasteiger partial charge in [0.1, 0.15) is 0 Å². The number of unbranched alkanes of at least 4 members (excludes halogenated alkanes) is 3. The van der Waals surface area contributed by atoms with E-state index in [0.29, 0.717) is 0 Å². The monoisotopic (exact) mass is 147 g/mol. The van der Waals surface area contributed by atoms with Crippen molar-refractivity contribution in [1.29, 1.82) is 0 Å². The van der Waals surface area contributed by atoms with Crippen LogP contribution in [0.2, 0.25) is 0 Å². The van der Waals surface area contributed by atoms with E-state index >= 15 is 0 Å². The molecule has 0 spiro atoms. The molecule has 0 saturated carbocycles. The lowest BCUT2D eigenvalue weighted by Crippen LogP contribution is -2.06. The van der Waals surface area contributed by atoms with Crippen LogP contribution in [0.5, 0.6) is 0 Å². The Kier molecular flexibility index (Phi) is 20.2. The van der Waals surface area contributed by atoms with Crippen LogP contribution in [0.1, 0.15) is 47.9 Å². The third-order valence-electron chi connectivity index (χ3n) is 1.28. The van der Waals surface area contributed by atoms with Crippen LogP contribution in [0.25, 0.3) is 0 Å². The van der Waals surface area contributed by atoms with Crippen molar-refractivity contribution < 1.29 is 1.43 Å². The Balaban J connectivity index is -0.000000196. The molecule has 0 aromatic carbocycles. The highest BCUT2D eigenvalue weighted by molar-refractivity contribution is 4.41. The summed E-state index contributed by atoms with van der Waals surface area (Å²) >= 11 is 0. The zero-order valence-corrected chi connectivity index (χ0v) is 8.04. The van der Waals surface area contributed by atoms with E-state index < -0.39 is 0 Å². The summed E-state index contributed by atoms with van der Waals surface area (Å²) in [5, 5.41) is 3.13. The van der Waals surface area contributed by atoms with E-state index in [-0.39, 0.29) is 1.43 Å². The predicted octanol–water partition coefficient (Wildman–Crippen LogP) is 3.06. The van der Waals surface area contributed by atoms with Gasteiger partial charge in [0.25, 0.3) is 0 Å². The van der Waals surface area contributed by atoms with Gasteiger partial charge in [-0.25, -0.2) is 0 Å². The lowest BCUT2D eigenvalue weighted by molar-refractivity contribution is 0.634. The van der Waals surface area contributed by atoms with Gasteiger partial charge < -0.3 is 5.32 Å². The van der Waals surface area contributed by atoms with Crippen molar-refractivity contribution in [2.24, 2.45) is 0 Å². The molecular formula is C9H25N. The second-order valence-corrected chi connectivity index (χ2v) is 2.16. The summed E-state index contributed by atoms with van der Waals surface area (Å²) in [7, 11) is 2.01. The minimum absolute atomic E-state index is 0. The van der Waals surface area contributed by atoms with Crippen LogP contribution in [-0.2, 0) is 0 Å². The summed E-state index contributed by atoms with van der Waals surface area (Å²) < 4.78 is 0. The van der Waals surface area contributed by atoms with Crippen LogP contribution in [0, 0.1) is 0 Å². The Morgan fingerprint density at radius 3 is 2.10 bits per heavy atom. The zero-order chi connectivity index (χ0) is 8.24. The van der Waals surface area contributed by atoms with Gasteiger partial charge in [-0.2, -0.15) is 0 Å². The maximum absolute atomic E-state index is 3.13. The maximum atomic E-state index is 3.13. The number of rotatable bonds is 5. The molecule has 0 radical (unpaired) electrons. The standard InChI is InChI=1S/C7H17N.C2H6.H2/c1-3-4-5-6-7-8-2;1-2;/h8H,3-7H2,1-2H3;1-2H3;1H. The first-order valence-electron chi connectivity index (χ1n) is 4.56. The SMILES string of the molecule is CC.CCCCCCNC.[HH]. The molecule has 0 atom stereocenters. The molecular weight excluding hydrogens is 122 g/mol. The topological polar surface area (TPSA) is 12.0 Å². The van der Waals surface area contributed by atoms with Crippen molar-refractivity contribution >= 4 is 0 Å². The second-order valence-electron chi connectivity index (χ2n) is 2.16. The minimum Gasteiger partial charge on any atom is -0.320 e. The molecule has 0 bridgehead atoms. The highest BCUT2D eigenvalue weighted by atomic mass is 14.8. The van der Waals surface area contributed by atoms with E-state index in [1.807, 2.05) is 20.9 Å². The van der Waals surface area contributed by atoms with E-state index in [0.717, 1.165) is 0 Å². The van der Waals surface area contributed by atoms with Crippen LogP contribution in [0.3, 0.4) is 0 Å². The normalized spacial score (nSPS) is 8.40. The fourth-order valence-electron chi connectivity index (χ4n) is 0.729. The van der Waals surface area contributed by atoms with Crippen molar-refractivity contribution in [1.82, 2.24) is 5.32 Å². The minimum atomic E-state index is 0. The molecule has 0 unspecified atom stereocenters. The first-order chi connectivity index (χ1) is 4.91. The average molecular weight is 147 g/mol. The van der Waals surface area contributed by atoms with E-state index in [4.69, 9.17) is 0 Å². The van der Waals surface area contributed by atoms with Gasteiger partial charge in [-0.15, -0.1) is 0 Å². The second kappa shape index (κ2) is 16.0. The van der Waals surface area contributed by atoms with Gasteiger partial charge in [0.15, 0.2) is 0 Å².